The Labute approximate surface area is 226 Å². The Morgan fingerprint density at radius 1 is 1.16 bits per heavy atom. The molecule has 2 aliphatic rings. The highest BCUT2D eigenvalue weighted by molar-refractivity contribution is 7.18. The molecule has 4 atom stereocenters. The Morgan fingerprint density at radius 2 is 1.97 bits per heavy atom. The molecule has 2 aromatic heterocycles. The van der Waals surface area contributed by atoms with Gasteiger partial charge in [-0.15, -0.1) is 11.3 Å². The first-order valence-electron chi connectivity index (χ1n) is 13.2. The van der Waals surface area contributed by atoms with Crippen molar-refractivity contribution in [3.8, 4) is 0 Å². The van der Waals surface area contributed by atoms with E-state index in [2.05, 4.69) is 54.3 Å². The van der Waals surface area contributed by atoms with Gasteiger partial charge in [-0.1, -0.05) is 19.9 Å². The van der Waals surface area contributed by atoms with Crippen molar-refractivity contribution in [2.75, 3.05) is 37.7 Å². The van der Waals surface area contributed by atoms with E-state index >= 15 is 0 Å². The van der Waals surface area contributed by atoms with Crippen LogP contribution in [-0.4, -0.2) is 64.5 Å². The number of nitrogens with two attached hydrogens (primary N) is 1. The first-order chi connectivity index (χ1) is 18.2. The number of piperidine rings is 2. The first-order valence-corrected chi connectivity index (χ1v) is 14.0. The molecule has 2 fully saturated rings. The van der Waals surface area contributed by atoms with E-state index in [1.54, 1.807) is 16.2 Å². The second-order valence-corrected chi connectivity index (χ2v) is 12.0. The van der Waals surface area contributed by atoms with Crippen molar-refractivity contribution in [1.82, 2.24) is 19.8 Å². The number of benzene rings is 1. The normalized spacial score (nSPS) is 24.3. The smallest absolute Gasteiger partial charge is 0.314 e. The lowest BCUT2D eigenvalue weighted by molar-refractivity contribution is -0.146. The minimum atomic E-state index is -0.757. The third-order valence-corrected chi connectivity index (χ3v) is 8.90. The number of thiazole rings is 1. The number of likely N-dealkylation sites (N-methyl/N-ethyl adjacent to an activating group) is 1. The van der Waals surface area contributed by atoms with Gasteiger partial charge in [0, 0.05) is 43.5 Å². The zero-order chi connectivity index (χ0) is 27.0. The monoisotopic (exact) mass is 533 g/mol. The van der Waals surface area contributed by atoms with E-state index in [0.29, 0.717) is 23.9 Å². The molecule has 0 radical (unpaired) electrons. The maximum atomic E-state index is 13.4. The van der Waals surface area contributed by atoms with Crippen molar-refractivity contribution in [3.63, 3.8) is 0 Å². The number of fused-ring (bicyclic) bond motifs is 1. The van der Waals surface area contributed by atoms with Gasteiger partial charge in [0.1, 0.15) is 0 Å². The van der Waals surface area contributed by atoms with Gasteiger partial charge >= 0.3 is 11.8 Å². The van der Waals surface area contributed by atoms with E-state index in [-0.39, 0.29) is 23.3 Å². The SMILES string of the molecule is C[C@H]1C[C@H](c2nc3cc([C@H]4CC[C@H](C)CN4C(=O)C(=O)Nc4cncc(C=N)c4N)ccc3s2)CN(C)C1. The van der Waals surface area contributed by atoms with Crippen LogP contribution in [0.1, 0.15) is 61.2 Å². The summed E-state index contributed by atoms with van der Waals surface area (Å²) in [6.45, 7) is 7.05. The van der Waals surface area contributed by atoms with Gasteiger partial charge in [0.15, 0.2) is 0 Å². The number of nitrogen functional groups attached to an aromatic ring is 1. The maximum Gasteiger partial charge on any atom is 0.314 e. The van der Waals surface area contributed by atoms with Crippen molar-refractivity contribution in [2.24, 2.45) is 11.8 Å². The highest BCUT2D eigenvalue weighted by Gasteiger charge is 2.35. The van der Waals surface area contributed by atoms with Crippen LogP contribution in [-0.2, 0) is 9.59 Å². The molecule has 0 spiro atoms. The number of rotatable bonds is 4. The van der Waals surface area contributed by atoms with Gasteiger partial charge in [-0.05, 0) is 55.8 Å². The largest absolute Gasteiger partial charge is 0.396 e. The molecule has 10 heteroatoms. The second kappa shape index (κ2) is 10.8. The van der Waals surface area contributed by atoms with Crippen LogP contribution in [0.4, 0.5) is 11.4 Å². The molecular formula is C28H35N7O2S. The van der Waals surface area contributed by atoms with Crippen LogP contribution in [0, 0.1) is 17.2 Å². The van der Waals surface area contributed by atoms with E-state index in [1.165, 1.54) is 17.4 Å². The number of carbonyl (C=O) groups excluding carboxylic acids is 2. The van der Waals surface area contributed by atoms with Crippen LogP contribution in [0.2, 0.25) is 0 Å². The van der Waals surface area contributed by atoms with Crippen LogP contribution in [0.5, 0.6) is 0 Å². The minimum Gasteiger partial charge on any atom is -0.396 e. The molecule has 0 unspecified atom stereocenters. The Hall–Kier alpha value is -3.37. The van der Waals surface area contributed by atoms with Crippen molar-refractivity contribution < 1.29 is 9.59 Å². The van der Waals surface area contributed by atoms with Crippen LogP contribution in [0.25, 0.3) is 10.2 Å². The van der Waals surface area contributed by atoms with Crippen molar-refractivity contribution >= 4 is 51.0 Å². The van der Waals surface area contributed by atoms with Crippen molar-refractivity contribution in [2.45, 2.75) is 45.1 Å². The number of aromatic nitrogens is 2. The third-order valence-electron chi connectivity index (χ3n) is 7.70. The molecule has 3 aromatic rings. The summed E-state index contributed by atoms with van der Waals surface area (Å²) in [7, 11) is 2.18. The van der Waals surface area contributed by atoms with Crippen LogP contribution in [0.3, 0.4) is 0 Å². The molecule has 2 saturated heterocycles. The first kappa shape index (κ1) is 26.2. The zero-order valence-electron chi connectivity index (χ0n) is 22.1. The fraction of sp³-hybridized carbons (Fsp3) is 0.464. The number of hydrogen-bond acceptors (Lipinski definition) is 8. The summed E-state index contributed by atoms with van der Waals surface area (Å²) in [5.74, 6) is 0.0209. The quantitative estimate of drug-likeness (QED) is 0.339. The number of nitrogens with zero attached hydrogens (tertiary/aromatic N) is 4. The van der Waals surface area contributed by atoms with Gasteiger partial charge in [-0.25, -0.2) is 4.98 Å². The Bertz CT molecular complexity index is 1360. The summed E-state index contributed by atoms with van der Waals surface area (Å²) in [6, 6.07) is 6.08. The third kappa shape index (κ3) is 5.28. The lowest BCUT2D eigenvalue weighted by Crippen LogP contribution is -2.46. The molecule has 0 aliphatic carbocycles. The number of amides is 2. The molecule has 9 nitrogen and oxygen atoms in total. The molecule has 1 aromatic carbocycles. The van der Waals surface area contributed by atoms with Gasteiger partial charge in [0.2, 0.25) is 0 Å². The number of nitrogens with one attached hydrogen (secondary N) is 2. The molecule has 38 heavy (non-hydrogen) atoms. The molecule has 4 N–H and O–H groups in total. The molecular weight excluding hydrogens is 498 g/mol. The number of anilines is 2. The van der Waals surface area contributed by atoms with Gasteiger partial charge in [-0.3, -0.25) is 14.6 Å². The van der Waals surface area contributed by atoms with E-state index in [4.69, 9.17) is 16.1 Å². The average Bonchev–Trinajstić information content (AvgIpc) is 3.32. The van der Waals surface area contributed by atoms with E-state index < -0.39 is 11.8 Å². The number of carbonyl (C=O) groups is 2. The van der Waals surface area contributed by atoms with E-state index in [9.17, 15) is 9.59 Å². The average molecular weight is 534 g/mol. The maximum absolute atomic E-state index is 13.4. The van der Waals surface area contributed by atoms with Crippen LogP contribution in [0.15, 0.2) is 30.6 Å². The van der Waals surface area contributed by atoms with Gasteiger partial charge < -0.3 is 26.3 Å². The van der Waals surface area contributed by atoms with Gasteiger partial charge in [0.05, 0.1) is 38.8 Å². The predicted molar refractivity (Wildman–Crippen MR) is 152 cm³/mol. The highest BCUT2D eigenvalue weighted by atomic mass is 32.1. The number of likely N-dealkylation sites (tertiary alicyclic amines) is 2. The molecule has 0 bridgehead atoms. The molecule has 200 valence electrons. The summed E-state index contributed by atoms with van der Waals surface area (Å²) in [5.41, 5.74) is 8.83. The predicted octanol–water partition coefficient (Wildman–Crippen LogP) is 4.26. The molecule has 2 aliphatic heterocycles. The zero-order valence-corrected chi connectivity index (χ0v) is 22.9. The summed E-state index contributed by atoms with van der Waals surface area (Å²) < 4.78 is 1.15. The Morgan fingerprint density at radius 3 is 2.74 bits per heavy atom. The van der Waals surface area contributed by atoms with Crippen molar-refractivity contribution in [3.05, 3.63) is 46.7 Å². The Kier molecular flexibility index (Phi) is 7.45. The summed E-state index contributed by atoms with van der Waals surface area (Å²) in [4.78, 5) is 39.6. The highest BCUT2D eigenvalue weighted by Crippen LogP contribution is 2.38. The fourth-order valence-electron chi connectivity index (χ4n) is 5.87. The minimum absolute atomic E-state index is 0.205. The second-order valence-electron chi connectivity index (χ2n) is 11.0. The Balaban J connectivity index is 1.38. The standard InChI is InChI=1S/C28H35N7O2S/c1-16-4-6-23(35(14-16)28(37)26(36)32-22-12-31-11-20(10-29)25(22)30)18-5-7-24-21(9-18)33-27(38-24)19-8-17(2)13-34(3)15-19/h5,7,9-12,16-17,19,23,29H,4,6,8,13-15H2,1-3H3,(H2,30,31)(H,32,36)/t16-,17-,19-,23+/m0/s1. The van der Waals surface area contributed by atoms with Crippen molar-refractivity contribution in [1.29, 1.82) is 5.41 Å². The molecule has 0 saturated carbocycles. The lowest BCUT2D eigenvalue weighted by Gasteiger charge is -2.38. The fourth-order valence-corrected chi connectivity index (χ4v) is 6.92. The summed E-state index contributed by atoms with van der Waals surface area (Å²) in [6.07, 6.45) is 6.80. The number of hydrogen-bond donors (Lipinski definition) is 3. The topological polar surface area (TPSA) is 128 Å². The van der Waals surface area contributed by atoms with Crippen LogP contribution < -0.4 is 11.1 Å². The van der Waals surface area contributed by atoms with Gasteiger partial charge in [0.25, 0.3) is 0 Å². The summed E-state index contributed by atoms with van der Waals surface area (Å²) in [5, 5.41) is 11.2. The molecule has 2 amide bonds. The van der Waals surface area contributed by atoms with Gasteiger partial charge in [-0.2, -0.15) is 0 Å². The van der Waals surface area contributed by atoms with E-state index in [1.807, 2.05) is 0 Å². The number of pyridine rings is 1. The molecule has 5 rings (SSSR count). The molecule has 4 heterocycles. The van der Waals surface area contributed by atoms with Crippen LogP contribution >= 0.6 is 11.3 Å². The lowest BCUT2D eigenvalue weighted by atomic mass is 9.89. The van der Waals surface area contributed by atoms with E-state index in [0.717, 1.165) is 54.3 Å². The summed E-state index contributed by atoms with van der Waals surface area (Å²) >= 11 is 1.77.